The molecule has 0 aliphatic rings. The van der Waals surface area contributed by atoms with Gasteiger partial charge in [-0.3, -0.25) is 4.40 Å². The van der Waals surface area contributed by atoms with Crippen molar-refractivity contribution in [1.29, 1.82) is 5.26 Å². The van der Waals surface area contributed by atoms with Crippen LogP contribution in [0.25, 0.3) is 5.71 Å². The third-order valence-corrected chi connectivity index (χ3v) is 1.43. The van der Waals surface area contributed by atoms with Crippen molar-refractivity contribution in [1.82, 2.24) is 9.38 Å². The van der Waals surface area contributed by atoms with E-state index in [-0.39, 0.29) is 0 Å². The summed E-state index contributed by atoms with van der Waals surface area (Å²) in [4.78, 5) is 3.82. The molecule has 4 nitrogen and oxygen atoms in total. The maximum absolute atomic E-state index is 8.55. The van der Waals surface area contributed by atoms with Gasteiger partial charge in [-0.1, -0.05) is 0 Å². The first-order valence-corrected chi connectivity index (χ1v) is 3.14. The number of nitriles is 1. The van der Waals surface area contributed by atoms with Gasteiger partial charge in [0.2, 0.25) is 11.4 Å². The second-order valence-corrected chi connectivity index (χ2v) is 2.26. The molecule has 0 radical (unpaired) electrons. The molecule has 0 amide bonds. The summed E-state index contributed by atoms with van der Waals surface area (Å²) < 4.78 is 6.90. The number of fused-ring (bicyclic) bond motifs is 1. The molecular weight excluding hydrogens is 142 g/mol. The number of imidazole rings is 1. The van der Waals surface area contributed by atoms with E-state index in [9.17, 15) is 0 Å². The van der Waals surface area contributed by atoms with Crippen molar-refractivity contribution in [3.63, 3.8) is 0 Å². The van der Waals surface area contributed by atoms with Crippen molar-refractivity contribution in [2.45, 2.75) is 6.92 Å². The number of hydrogen-bond donors (Lipinski definition) is 0. The number of rotatable bonds is 0. The molecule has 2 aromatic rings. The van der Waals surface area contributed by atoms with E-state index in [4.69, 9.17) is 9.68 Å². The maximum Gasteiger partial charge on any atom is 0.242 e. The minimum Gasteiger partial charge on any atom is -0.441 e. The van der Waals surface area contributed by atoms with E-state index in [1.165, 1.54) is 0 Å². The Morgan fingerprint density at radius 1 is 1.73 bits per heavy atom. The van der Waals surface area contributed by atoms with Crippen LogP contribution in [0.3, 0.4) is 0 Å². The molecule has 54 valence electrons. The van der Waals surface area contributed by atoms with E-state index in [2.05, 4.69) is 4.98 Å². The zero-order chi connectivity index (χ0) is 7.84. The minimum absolute atomic E-state index is 0.332. The van der Waals surface area contributed by atoms with Crippen LogP contribution in [0.15, 0.2) is 16.9 Å². The summed E-state index contributed by atoms with van der Waals surface area (Å²) in [6.07, 6.45) is 3.34. The second-order valence-electron chi connectivity index (χ2n) is 2.26. The molecule has 0 N–H and O–H groups in total. The van der Waals surface area contributed by atoms with Gasteiger partial charge in [0, 0.05) is 0 Å². The highest BCUT2D eigenvalue weighted by Crippen LogP contribution is 2.11. The number of nitrogens with zero attached hydrogens (tertiary/aromatic N) is 3. The van der Waals surface area contributed by atoms with Gasteiger partial charge in [0.25, 0.3) is 0 Å². The van der Waals surface area contributed by atoms with E-state index in [1.54, 1.807) is 16.9 Å². The molecule has 0 spiro atoms. The molecule has 0 unspecified atom stereocenters. The van der Waals surface area contributed by atoms with Crippen LogP contribution in [0.1, 0.15) is 11.5 Å². The number of aryl methyl sites for hydroxylation is 1. The third-order valence-electron chi connectivity index (χ3n) is 1.43. The van der Waals surface area contributed by atoms with Gasteiger partial charge in [0.15, 0.2) is 0 Å². The summed E-state index contributed by atoms with van der Waals surface area (Å²) in [5, 5.41) is 8.55. The fraction of sp³-hybridized carbons (Fsp3) is 0.143. The molecule has 0 atom stereocenters. The maximum atomic E-state index is 8.55. The lowest BCUT2D eigenvalue weighted by Gasteiger charge is -1.76. The van der Waals surface area contributed by atoms with Gasteiger partial charge in [-0.2, -0.15) is 5.26 Å². The number of oxazole rings is 1. The van der Waals surface area contributed by atoms with Crippen molar-refractivity contribution in [2.75, 3.05) is 0 Å². The van der Waals surface area contributed by atoms with Crippen molar-refractivity contribution < 1.29 is 4.42 Å². The topological polar surface area (TPSA) is 54.2 Å². The minimum atomic E-state index is 0.332. The van der Waals surface area contributed by atoms with Crippen molar-refractivity contribution in [2.24, 2.45) is 0 Å². The summed E-state index contributed by atoms with van der Waals surface area (Å²) in [7, 11) is 0. The zero-order valence-electron chi connectivity index (χ0n) is 5.90. The van der Waals surface area contributed by atoms with Crippen LogP contribution in [0.4, 0.5) is 0 Å². The van der Waals surface area contributed by atoms with Crippen LogP contribution in [0.5, 0.6) is 0 Å². The Balaban J connectivity index is 2.86. The molecule has 0 aliphatic carbocycles. The Morgan fingerprint density at radius 2 is 2.55 bits per heavy atom. The number of hydrogen-bond acceptors (Lipinski definition) is 3. The molecular formula is C7H5N3O. The van der Waals surface area contributed by atoms with Gasteiger partial charge in [0.05, 0.1) is 6.20 Å². The normalized spacial score (nSPS) is 10.2. The van der Waals surface area contributed by atoms with E-state index in [0.29, 0.717) is 11.4 Å². The first-order chi connectivity index (χ1) is 5.31. The molecule has 4 heteroatoms. The number of aromatic nitrogens is 2. The van der Waals surface area contributed by atoms with Crippen LogP contribution in [-0.4, -0.2) is 9.38 Å². The summed E-state index contributed by atoms with van der Waals surface area (Å²) in [5.41, 5.74) is 0.850. The Morgan fingerprint density at radius 3 is 3.27 bits per heavy atom. The standard InChI is InChI=1S/C7H5N3O/c1-5-3-10-4-9-6(2-8)7(10)11-5/h3-4H,1H3. The first kappa shape index (κ1) is 5.98. The smallest absolute Gasteiger partial charge is 0.242 e. The average Bonchev–Trinajstić information content (AvgIpc) is 2.45. The van der Waals surface area contributed by atoms with E-state index >= 15 is 0 Å². The molecule has 0 aliphatic heterocycles. The zero-order valence-corrected chi connectivity index (χ0v) is 5.90. The molecule has 0 saturated heterocycles. The Labute approximate surface area is 62.7 Å². The molecule has 0 fully saturated rings. The van der Waals surface area contributed by atoms with Crippen LogP contribution >= 0.6 is 0 Å². The molecule has 0 aromatic carbocycles. The first-order valence-electron chi connectivity index (χ1n) is 3.14. The highest BCUT2D eigenvalue weighted by atomic mass is 16.3. The molecule has 0 bridgehead atoms. The lowest BCUT2D eigenvalue weighted by atomic mass is 10.5. The van der Waals surface area contributed by atoms with E-state index < -0.39 is 0 Å². The monoisotopic (exact) mass is 147 g/mol. The van der Waals surface area contributed by atoms with Crippen LogP contribution in [0.2, 0.25) is 0 Å². The van der Waals surface area contributed by atoms with Gasteiger partial charge in [0.1, 0.15) is 18.2 Å². The van der Waals surface area contributed by atoms with Gasteiger partial charge in [-0.15, -0.1) is 0 Å². The predicted molar refractivity (Wildman–Crippen MR) is 36.9 cm³/mol. The molecule has 11 heavy (non-hydrogen) atoms. The Hall–Kier alpha value is -1.76. The van der Waals surface area contributed by atoms with Crippen molar-refractivity contribution in [3.8, 4) is 6.07 Å². The molecule has 2 heterocycles. The average molecular weight is 147 g/mol. The van der Waals surface area contributed by atoms with Gasteiger partial charge in [-0.05, 0) is 6.92 Å². The molecule has 2 rings (SSSR count). The SMILES string of the molecule is Cc1cn2cnc(C#N)c2o1. The van der Waals surface area contributed by atoms with Crippen LogP contribution in [0, 0.1) is 18.3 Å². The highest BCUT2D eigenvalue weighted by molar-refractivity contribution is 5.48. The fourth-order valence-electron chi connectivity index (χ4n) is 0.994. The predicted octanol–water partition coefficient (Wildman–Crippen LogP) is 1.11. The van der Waals surface area contributed by atoms with Gasteiger partial charge in [-0.25, -0.2) is 4.98 Å². The van der Waals surface area contributed by atoms with E-state index in [0.717, 1.165) is 5.76 Å². The summed E-state index contributed by atoms with van der Waals surface area (Å²) >= 11 is 0. The quantitative estimate of drug-likeness (QED) is 0.560. The largest absolute Gasteiger partial charge is 0.441 e. The Bertz CT molecular complexity index is 432. The second kappa shape index (κ2) is 1.86. The van der Waals surface area contributed by atoms with Crippen molar-refractivity contribution in [3.05, 3.63) is 24.0 Å². The van der Waals surface area contributed by atoms with E-state index in [1.807, 2.05) is 13.0 Å². The Kier molecular flexibility index (Phi) is 1.01. The summed E-state index contributed by atoms with van der Waals surface area (Å²) in [5.74, 6) is 0.777. The summed E-state index contributed by atoms with van der Waals surface area (Å²) in [6.45, 7) is 1.83. The molecule has 0 saturated carbocycles. The van der Waals surface area contributed by atoms with Crippen LogP contribution < -0.4 is 0 Å². The lowest BCUT2D eigenvalue weighted by Crippen LogP contribution is -1.70. The summed E-state index contributed by atoms with van der Waals surface area (Å²) in [6, 6.07) is 1.94. The van der Waals surface area contributed by atoms with Gasteiger partial charge < -0.3 is 4.42 Å². The molecule has 2 aromatic heterocycles. The fourth-order valence-corrected chi connectivity index (χ4v) is 0.994. The van der Waals surface area contributed by atoms with Crippen LogP contribution in [-0.2, 0) is 0 Å². The lowest BCUT2D eigenvalue weighted by molar-refractivity contribution is 0.572. The third kappa shape index (κ3) is 0.711. The van der Waals surface area contributed by atoms with Crippen molar-refractivity contribution >= 4 is 5.71 Å². The highest BCUT2D eigenvalue weighted by Gasteiger charge is 2.06. The van der Waals surface area contributed by atoms with Gasteiger partial charge >= 0.3 is 0 Å².